The molecule has 2 aromatic carbocycles. The molecule has 4 nitrogen and oxygen atoms in total. The average molecular weight is 318 g/mol. The molecule has 0 unspecified atom stereocenters. The number of rotatable bonds is 3. The summed E-state index contributed by atoms with van der Waals surface area (Å²) < 4.78 is 44.4. The van der Waals surface area contributed by atoms with Gasteiger partial charge in [-0.05, 0) is 36.4 Å². The van der Waals surface area contributed by atoms with Gasteiger partial charge < -0.3 is 9.84 Å². The lowest BCUT2D eigenvalue weighted by Crippen LogP contribution is -2.12. The highest BCUT2D eigenvalue weighted by atomic mass is 19.2. The number of hydrogen-bond acceptors (Lipinski definition) is 3. The predicted molar refractivity (Wildman–Crippen MR) is 76.2 cm³/mol. The summed E-state index contributed by atoms with van der Waals surface area (Å²) in [5.74, 6) is -3.22. The predicted octanol–water partition coefficient (Wildman–Crippen LogP) is 4.01. The Balaban J connectivity index is 1.91. The van der Waals surface area contributed by atoms with Crippen LogP contribution < -0.4 is 5.32 Å². The van der Waals surface area contributed by atoms with Crippen molar-refractivity contribution >= 4 is 11.6 Å². The largest absolute Gasteiger partial charge is 0.355 e. The second kappa shape index (κ2) is 5.96. The van der Waals surface area contributed by atoms with E-state index in [9.17, 15) is 18.0 Å². The summed E-state index contributed by atoms with van der Waals surface area (Å²) in [5.41, 5.74) is 0.415. The molecule has 0 aliphatic rings. The van der Waals surface area contributed by atoms with Gasteiger partial charge in [-0.25, -0.2) is 13.2 Å². The van der Waals surface area contributed by atoms with Crippen molar-refractivity contribution in [3.8, 4) is 11.3 Å². The van der Waals surface area contributed by atoms with E-state index in [4.69, 9.17) is 4.52 Å². The van der Waals surface area contributed by atoms with Crippen molar-refractivity contribution in [1.29, 1.82) is 0 Å². The quantitative estimate of drug-likeness (QED) is 0.794. The summed E-state index contributed by atoms with van der Waals surface area (Å²) in [7, 11) is 0. The monoisotopic (exact) mass is 318 g/mol. The number of amides is 1. The minimum atomic E-state index is -1.07. The molecule has 1 heterocycles. The Morgan fingerprint density at radius 3 is 2.61 bits per heavy atom. The molecule has 0 aliphatic carbocycles. The van der Waals surface area contributed by atoms with E-state index in [2.05, 4.69) is 10.5 Å². The number of carbonyl (C=O) groups excluding carboxylic acids is 1. The third-order valence-electron chi connectivity index (χ3n) is 3.08. The number of carbonyl (C=O) groups is 1. The smallest absolute Gasteiger partial charge is 0.261 e. The standard InChI is InChI=1S/C16H9F3N2O2/c17-10-2-1-3-11(7-10)21-16(22)12-8-20-23-15(12)9-4-5-13(18)14(19)6-9/h1-8H,(H,21,22). The van der Waals surface area contributed by atoms with Crippen LogP contribution in [0.5, 0.6) is 0 Å². The maximum atomic E-state index is 13.3. The molecule has 0 saturated heterocycles. The Kier molecular flexibility index (Phi) is 3.84. The number of aromatic nitrogens is 1. The highest BCUT2D eigenvalue weighted by Crippen LogP contribution is 2.26. The van der Waals surface area contributed by atoms with Gasteiger partial charge in [-0.1, -0.05) is 11.2 Å². The Bertz CT molecular complexity index is 877. The van der Waals surface area contributed by atoms with E-state index < -0.39 is 23.4 Å². The molecular formula is C16H9F3N2O2. The van der Waals surface area contributed by atoms with Crippen LogP contribution in [0, 0.1) is 17.5 Å². The molecule has 23 heavy (non-hydrogen) atoms. The van der Waals surface area contributed by atoms with Crippen LogP contribution in [0.2, 0.25) is 0 Å². The summed E-state index contributed by atoms with van der Waals surface area (Å²) in [6.07, 6.45) is 1.14. The van der Waals surface area contributed by atoms with Gasteiger partial charge in [0, 0.05) is 11.3 Å². The van der Waals surface area contributed by atoms with Gasteiger partial charge in [0.1, 0.15) is 11.4 Å². The first-order valence-electron chi connectivity index (χ1n) is 6.51. The molecular weight excluding hydrogens is 309 g/mol. The number of nitrogens with one attached hydrogen (secondary N) is 1. The van der Waals surface area contributed by atoms with E-state index in [1.807, 2.05) is 0 Å². The molecule has 116 valence electrons. The Hall–Kier alpha value is -3.09. The fourth-order valence-electron chi connectivity index (χ4n) is 2.01. The van der Waals surface area contributed by atoms with Crippen LogP contribution in [0.1, 0.15) is 10.4 Å². The zero-order valence-electron chi connectivity index (χ0n) is 11.5. The van der Waals surface area contributed by atoms with Gasteiger partial charge in [-0.15, -0.1) is 0 Å². The topological polar surface area (TPSA) is 55.1 Å². The summed E-state index contributed by atoms with van der Waals surface area (Å²) in [6, 6.07) is 8.40. The number of nitrogens with zero attached hydrogens (tertiary/aromatic N) is 1. The minimum Gasteiger partial charge on any atom is -0.355 e. The first kappa shape index (κ1) is 14.8. The van der Waals surface area contributed by atoms with Crippen molar-refractivity contribution in [3.63, 3.8) is 0 Å². The molecule has 0 atom stereocenters. The van der Waals surface area contributed by atoms with Gasteiger partial charge in [-0.2, -0.15) is 0 Å². The van der Waals surface area contributed by atoms with E-state index in [0.717, 1.165) is 24.4 Å². The van der Waals surface area contributed by atoms with E-state index in [1.165, 1.54) is 24.3 Å². The van der Waals surface area contributed by atoms with Crippen molar-refractivity contribution < 1.29 is 22.5 Å². The molecule has 0 radical (unpaired) electrons. The fraction of sp³-hybridized carbons (Fsp3) is 0. The number of hydrogen-bond donors (Lipinski definition) is 1. The maximum absolute atomic E-state index is 13.3. The second-order valence-corrected chi connectivity index (χ2v) is 4.66. The minimum absolute atomic E-state index is 0.0141. The summed E-state index contributed by atoms with van der Waals surface area (Å²) in [5, 5.41) is 5.98. The van der Waals surface area contributed by atoms with Crippen LogP contribution in [-0.2, 0) is 0 Å². The summed E-state index contributed by atoms with van der Waals surface area (Å²) in [6.45, 7) is 0. The van der Waals surface area contributed by atoms with Crippen LogP contribution in [0.25, 0.3) is 11.3 Å². The Morgan fingerprint density at radius 1 is 1.04 bits per heavy atom. The van der Waals surface area contributed by atoms with Crippen LogP contribution in [-0.4, -0.2) is 11.1 Å². The van der Waals surface area contributed by atoms with Gasteiger partial charge in [0.15, 0.2) is 17.4 Å². The van der Waals surface area contributed by atoms with Crippen molar-refractivity contribution in [2.45, 2.75) is 0 Å². The molecule has 1 amide bonds. The molecule has 3 aromatic rings. The third kappa shape index (κ3) is 3.08. The third-order valence-corrected chi connectivity index (χ3v) is 3.08. The van der Waals surface area contributed by atoms with E-state index in [0.29, 0.717) is 0 Å². The van der Waals surface area contributed by atoms with Crippen LogP contribution in [0.3, 0.4) is 0 Å². The molecule has 1 aromatic heterocycles. The lowest BCUT2D eigenvalue weighted by Gasteiger charge is -2.05. The molecule has 0 spiro atoms. The van der Waals surface area contributed by atoms with E-state index >= 15 is 0 Å². The summed E-state index contributed by atoms with van der Waals surface area (Å²) >= 11 is 0. The summed E-state index contributed by atoms with van der Waals surface area (Å²) in [4.78, 5) is 12.2. The van der Waals surface area contributed by atoms with Crippen molar-refractivity contribution in [3.05, 3.63) is 71.7 Å². The Morgan fingerprint density at radius 2 is 1.87 bits per heavy atom. The van der Waals surface area contributed by atoms with Gasteiger partial charge in [0.2, 0.25) is 0 Å². The molecule has 0 saturated carbocycles. The lowest BCUT2D eigenvalue weighted by atomic mass is 10.1. The number of anilines is 1. The van der Waals surface area contributed by atoms with Gasteiger partial charge >= 0.3 is 0 Å². The van der Waals surface area contributed by atoms with E-state index in [1.54, 1.807) is 0 Å². The highest BCUT2D eigenvalue weighted by molar-refractivity contribution is 6.07. The van der Waals surface area contributed by atoms with E-state index in [-0.39, 0.29) is 22.6 Å². The van der Waals surface area contributed by atoms with Crippen molar-refractivity contribution in [1.82, 2.24) is 5.16 Å². The van der Waals surface area contributed by atoms with Gasteiger partial charge in [0.05, 0.1) is 6.20 Å². The SMILES string of the molecule is O=C(Nc1cccc(F)c1)c1cnoc1-c1ccc(F)c(F)c1. The zero-order chi connectivity index (χ0) is 16.4. The molecule has 0 fully saturated rings. The molecule has 7 heteroatoms. The second-order valence-electron chi connectivity index (χ2n) is 4.66. The van der Waals surface area contributed by atoms with Crippen LogP contribution >= 0.6 is 0 Å². The number of halogens is 3. The first-order chi connectivity index (χ1) is 11.0. The maximum Gasteiger partial charge on any atom is 0.261 e. The van der Waals surface area contributed by atoms with Crippen LogP contribution in [0.15, 0.2) is 53.2 Å². The Labute approximate surface area is 128 Å². The van der Waals surface area contributed by atoms with Gasteiger partial charge in [0.25, 0.3) is 5.91 Å². The lowest BCUT2D eigenvalue weighted by molar-refractivity contribution is 0.102. The molecule has 3 rings (SSSR count). The molecule has 0 aliphatic heterocycles. The molecule has 0 bridgehead atoms. The molecule has 1 N–H and O–H groups in total. The van der Waals surface area contributed by atoms with Crippen molar-refractivity contribution in [2.75, 3.05) is 5.32 Å². The highest BCUT2D eigenvalue weighted by Gasteiger charge is 2.19. The van der Waals surface area contributed by atoms with Gasteiger partial charge in [-0.3, -0.25) is 4.79 Å². The first-order valence-corrected chi connectivity index (χ1v) is 6.51. The number of benzene rings is 2. The van der Waals surface area contributed by atoms with Crippen LogP contribution in [0.4, 0.5) is 18.9 Å². The zero-order valence-corrected chi connectivity index (χ0v) is 11.5. The van der Waals surface area contributed by atoms with Crippen molar-refractivity contribution in [2.24, 2.45) is 0 Å². The normalized spacial score (nSPS) is 10.6. The fourth-order valence-corrected chi connectivity index (χ4v) is 2.01. The average Bonchev–Trinajstić information content (AvgIpc) is 2.99.